The van der Waals surface area contributed by atoms with Gasteiger partial charge in [0.05, 0.1) is 30.1 Å². The molecule has 3 unspecified atom stereocenters. The first-order valence-corrected chi connectivity index (χ1v) is 13.4. The lowest BCUT2D eigenvalue weighted by atomic mass is 9.62. The first-order valence-electron chi connectivity index (χ1n) is 13.4. The van der Waals surface area contributed by atoms with Crippen LogP contribution in [0, 0.1) is 17.8 Å². The lowest BCUT2D eigenvalue weighted by Crippen LogP contribution is -2.55. The van der Waals surface area contributed by atoms with Crippen LogP contribution in [0.15, 0.2) is 72.8 Å². The number of fused-ring (bicyclic) bond motifs is 2. The van der Waals surface area contributed by atoms with Gasteiger partial charge in [0.2, 0.25) is 17.7 Å². The average Bonchev–Trinajstić information content (AvgIpc) is 3.46. The first-order chi connectivity index (χ1) is 18.7. The van der Waals surface area contributed by atoms with E-state index in [2.05, 4.69) is 10.6 Å². The monoisotopic (exact) mass is 527 g/mol. The minimum Gasteiger partial charge on any atom is -0.394 e. The van der Waals surface area contributed by atoms with E-state index in [4.69, 9.17) is 4.74 Å². The van der Waals surface area contributed by atoms with Gasteiger partial charge in [0, 0.05) is 12.7 Å². The number of nitrogens with zero attached hydrogens (tertiary/aromatic N) is 1. The molecular formula is C31H33N3O5. The van der Waals surface area contributed by atoms with Gasteiger partial charge in [0.15, 0.2) is 0 Å². The van der Waals surface area contributed by atoms with E-state index in [1.165, 1.54) is 4.90 Å². The quantitative estimate of drug-likeness (QED) is 0.456. The minimum absolute atomic E-state index is 0.0657. The molecule has 3 aromatic rings. The zero-order valence-corrected chi connectivity index (χ0v) is 22.3. The second-order valence-electron chi connectivity index (χ2n) is 11.2. The molecule has 3 aromatic carbocycles. The Kier molecular flexibility index (Phi) is 6.00. The number of ether oxygens (including phenoxy) is 1. The van der Waals surface area contributed by atoms with E-state index in [-0.39, 0.29) is 24.3 Å². The van der Waals surface area contributed by atoms with E-state index < -0.39 is 41.0 Å². The van der Waals surface area contributed by atoms with Gasteiger partial charge in [-0.2, -0.15) is 0 Å². The molecule has 1 spiro atoms. The van der Waals surface area contributed by atoms with Crippen LogP contribution in [0.25, 0.3) is 10.8 Å². The number of benzene rings is 3. The molecule has 3 aliphatic rings. The summed E-state index contributed by atoms with van der Waals surface area (Å²) in [6.45, 7) is 3.50. The van der Waals surface area contributed by atoms with Crippen molar-refractivity contribution < 1.29 is 24.2 Å². The molecule has 3 N–H and O–H groups in total. The van der Waals surface area contributed by atoms with Crippen molar-refractivity contribution in [1.29, 1.82) is 0 Å². The number of hydrogen-bond acceptors (Lipinski definition) is 5. The molecule has 39 heavy (non-hydrogen) atoms. The van der Waals surface area contributed by atoms with E-state index in [1.807, 2.05) is 86.6 Å². The van der Waals surface area contributed by atoms with Crippen molar-refractivity contribution in [2.45, 2.75) is 43.6 Å². The maximum atomic E-state index is 14.3. The highest BCUT2D eigenvalue weighted by Crippen LogP contribution is 2.66. The molecular weight excluding hydrogens is 494 g/mol. The predicted molar refractivity (Wildman–Crippen MR) is 147 cm³/mol. The number of aliphatic hydroxyl groups is 1. The fourth-order valence-corrected chi connectivity index (χ4v) is 7.37. The smallest absolute Gasteiger partial charge is 0.250 e. The standard InChI is InChI=1S/C31H33N3O5/c1-18-16-31-25(24(27(36)32-3)30(18,2)39-31)29(38)34(23(17-35)20-10-5-4-6-11-20)26(31)28(37)33-22-14-13-19-9-7-8-12-21(19)15-22/h4-15,18,23-26,35H,16-17H2,1-3H3,(H,32,36)(H,33,37)/t18?,23-,24-,25+,26?,30+,31?/m1/s1. The Morgan fingerprint density at radius 2 is 1.74 bits per heavy atom. The van der Waals surface area contributed by atoms with Crippen molar-refractivity contribution in [3.8, 4) is 0 Å². The molecule has 2 bridgehead atoms. The summed E-state index contributed by atoms with van der Waals surface area (Å²) in [6.07, 6.45) is 0.451. The molecule has 0 saturated carbocycles. The van der Waals surface area contributed by atoms with Gasteiger partial charge in [-0.1, -0.05) is 67.6 Å². The molecule has 8 nitrogen and oxygen atoms in total. The number of anilines is 1. The number of amides is 3. The third-order valence-electron chi connectivity index (χ3n) is 9.24. The fraction of sp³-hybridized carbons (Fsp3) is 0.387. The van der Waals surface area contributed by atoms with Crippen molar-refractivity contribution in [3.05, 3.63) is 78.4 Å². The van der Waals surface area contributed by atoms with Gasteiger partial charge in [0.1, 0.15) is 11.6 Å². The summed E-state index contributed by atoms with van der Waals surface area (Å²) in [7, 11) is 1.55. The molecule has 8 heteroatoms. The highest BCUT2D eigenvalue weighted by Gasteiger charge is 2.80. The van der Waals surface area contributed by atoms with Crippen LogP contribution in [-0.4, -0.2) is 58.6 Å². The Morgan fingerprint density at radius 3 is 2.44 bits per heavy atom. The molecule has 3 fully saturated rings. The summed E-state index contributed by atoms with van der Waals surface area (Å²) in [5, 5.41) is 18.3. The SMILES string of the molecule is CNC(=O)[C@H]1[C@H]2C(=O)N([C@H](CO)c3ccccc3)C(C(=O)Nc3ccc4ccccc4c3)C23CC(C)[C@]1(C)O3. The molecule has 3 amide bonds. The van der Waals surface area contributed by atoms with Crippen molar-refractivity contribution in [2.24, 2.45) is 17.8 Å². The zero-order valence-electron chi connectivity index (χ0n) is 22.3. The number of likely N-dealkylation sites (tertiary alicyclic amines) is 1. The Bertz CT molecular complexity index is 1460. The Morgan fingerprint density at radius 1 is 1.05 bits per heavy atom. The molecule has 3 heterocycles. The molecule has 3 aliphatic heterocycles. The van der Waals surface area contributed by atoms with Crippen LogP contribution in [0.4, 0.5) is 5.69 Å². The normalized spacial score (nSPS) is 31.8. The number of rotatable bonds is 6. The van der Waals surface area contributed by atoms with E-state index in [0.29, 0.717) is 17.7 Å². The van der Waals surface area contributed by atoms with Crippen LogP contribution < -0.4 is 10.6 Å². The van der Waals surface area contributed by atoms with Gasteiger partial charge in [-0.05, 0) is 47.7 Å². The van der Waals surface area contributed by atoms with Gasteiger partial charge in [-0.3, -0.25) is 14.4 Å². The first kappa shape index (κ1) is 25.5. The number of hydrogen-bond donors (Lipinski definition) is 3. The summed E-state index contributed by atoms with van der Waals surface area (Å²) < 4.78 is 6.73. The van der Waals surface area contributed by atoms with Crippen LogP contribution in [0.2, 0.25) is 0 Å². The lowest BCUT2D eigenvalue weighted by Gasteiger charge is -2.37. The van der Waals surface area contributed by atoms with Gasteiger partial charge in [-0.15, -0.1) is 0 Å². The maximum absolute atomic E-state index is 14.3. The lowest BCUT2D eigenvalue weighted by molar-refractivity contribution is -0.149. The highest BCUT2D eigenvalue weighted by atomic mass is 16.5. The number of aliphatic hydroxyl groups excluding tert-OH is 1. The Labute approximate surface area is 227 Å². The van der Waals surface area contributed by atoms with Gasteiger partial charge < -0.3 is 25.4 Å². The average molecular weight is 528 g/mol. The zero-order chi connectivity index (χ0) is 27.5. The number of carbonyl (C=O) groups excluding carboxylic acids is 3. The van der Waals surface area contributed by atoms with Crippen LogP contribution in [-0.2, 0) is 19.1 Å². The third kappa shape index (κ3) is 3.62. The topological polar surface area (TPSA) is 108 Å². The van der Waals surface area contributed by atoms with Crippen molar-refractivity contribution in [2.75, 3.05) is 19.0 Å². The van der Waals surface area contributed by atoms with Gasteiger partial charge >= 0.3 is 0 Å². The maximum Gasteiger partial charge on any atom is 0.250 e. The largest absolute Gasteiger partial charge is 0.394 e. The van der Waals surface area contributed by atoms with E-state index in [1.54, 1.807) is 7.05 Å². The summed E-state index contributed by atoms with van der Waals surface area (Å²) >= 11 is 0. The number of carbonyl (C=O) groups is 3. The molecule has 202 valence electrons. The molecule has 0 radical (unpaired) electrons. The predicted octanol–water partition coefficient (Wildman–Crippen LogP) is 3.27. The summed E-state index contributed by atoms with van der Waals surface area (Å²) in [4.78, 5) is 43.3. The van der Waals surface area contributed by atoms with Gasteiger partial charge in [0.25, 0.3) is 0 Å². The van der Waals surface area contributed by atoms with Crippen molar-refractivity contribution in [3.63, 3.8) is 0 Å². The van der Waals surface area contributed by atoms with Crippen LogP contribution in [0.5, 0.6) is 0 Å². The minimum atomic E-state index is -1.20. The van der Waals surface area contributed by atoms with Crippen LogP contribution >= 0.6 is 0 Å². The Hall–Kier alpha value is -3.75. The highest BCUT2D eigenvalue weighted by molar-refractivity contribution is 6.04. The summed E-state index contributed by atoms with van der Waals surface area (Å²) in [6, 6.07) is 20.9. The number of nitrogens with one attached hydrogen (secondary N) is 2. The second-order valence-corrected chi connectivity index (χ2v) is 11.2. The van der Waals surface area contributed by atoms with Crippen LogP contribution in [0.1, 0.15) is 31.9 Å². The molecule has 6 rings (SSSR count). The summed E-state index contributed by atoms with van der Waals surface area (Å²) in [5.41, 5.74) is -0.791. The van der Waals surface area contributed by atoms with E-state index in [9.17, 15) is 19.5 Å². The van der Waals surface area contributed by atoms with Crippen LogP contribution in [0.3, 0.4) is 0 Å². The third-order valence-corrected chi connectivity index (χ3v) is 9.24. The van der Waals surface area contributed by atoms with Gasteiger partial charge in [-0.25, -0.2) is 0 Å². The van der Waals surface area contributed by atoms with Crippen molar-refractivity contribution >= 4 is 34.2 Å². The molecule has 0 aromatic heterocycles. The second kappa shape index (κ2) is 9.17. The fourth-order valence-electron chi connectivity index (χ4n) is 7.37. The molecule has 7 atom stereocenters. The Balaban J connectivity index is 1.46. The summed E-state index contributed by atoms with van der Waals surface area (Å²) in [5.74, 6) is -2.69. The molecule has 3 saturated heterocycles. The molecule has 0 aliphatic carbocycles. The van der Waals surface area contributed by atoms with Crippen molar-refractivity contribution in [1.82, 2.24) is 10.2 Å². The van der Waals surface area contributed by atoms with E-state index in [0.717, 1.165) is 10.8 Å². The van der Waals surface area contributed by atoms with E-state index >= 15 is 0 Å².